The van der Waals surface area contributed by atoms with E-state index in [-0.39, 0.29) is 17.1 Å². The molecular weight excluding hydrogens is 308 g/mol. The molecule has 0 bridgehead atoms. The molecule has 0 aromatic heterocycles. The van der Waals surface area contributed by atoms with Gasteiger partial charge in [-0.2, -0.15) is 0 Å². The van der Waals surface area contributed by atoms with Crippen molar-refractivity contribution in [2.24, 2.45) is 0 Å². The van der Waals surface area contributed by atoms with Gasteiger partial charge in [0.1, 0.15) is 11.5 Å². The van der Waals surface area contributed by atoms with Gasteiger partial charge in [-0.15, -0.1) is 0 Å². The summed E-state index contributed by atoms with van der Waals surface area (Å²) in [6.07, 6.45) is 0. The van der Waals surface area contributed by atoms with Gasteiger partial charge in [-0.3, -0.25) is 0 Å². The van der Waals surface area contributed by atoms with Crippen LogP contribution in [0.25, 0.3) is 0 Å². The van der Waals surface area contributed by atoms with Crippen LogP contribution in [0, 0.1) is 0 Å². The van der Waals surface area contributed by atoms with Gasteiger partial charge in [-0.1, -0.05) is 87.5 Å². The van der Waals surface area contributed by atoms with Crippen molar-refractivity contribution < 1.29 is 10.2 Å². The van der Waals surface area contributed by atoms with E-state index < -0.39 is 0 Å². The van der Waals surface area contributed by atoms with Crippen molar-refractivity contribution >= 4 is 0 Å². The smallest absolute Gasteiger partial charge is 0.123 e. The lowest BCUT2D eigenvalue weighted by atomic mass is 9.79. The largest absolute Gasteiger partial charge is 0.508 e. The van der Waals surface area contributed by atoms with Crippen molar-refractivity contribution in [3.05, 3.63) is 95.1 Å². The SMILES string of the molecule is CC(C)(C)c1cccc(C(c2ccccc2)c2ccccc2O)c1O. The molecule has 0 radical (unpaired) electrons. The number of benzene rings is 3. The molecule has 3 aromatic rings. The zero-order chi connectivity index (χ0) is 18.0. The van der Waals surface area contributed by atoms with E-state index in [0.29, 0.717) is 5.75 Å². The lowest BCUT2D eigenvalue weighted by molar-refractivity contribution is 0.437. The Kier molecular flexibility index (Phi) is 4.54. The van der Waals surface area contributed by atoms with E-state index in [1.807, 2.05) is 66.7 Å². The van der Waals surface area contributed by atoms with Gasteiger partial charge in [0.05, 0.1) is 0 Å². The number of hydrogen-bond acceptors (Lipinski definition) is 2. The molecule has 0 amide bonds. The van der Waals surface area contributed by atoms with E-state index in [1.54, 1.807) is 6.07 Å². The average molecular weight is 332 g/mol. The van der Waals surface area contributed by atoms with Crippen LogP contribution >= 0.6 is 0 Å². The van der Waals surface area contributed by atoms with Gasteiger partial charge in [-0.25, -0.2) is 0 Å². The highest BCUT2D eigenvalue weighted by atomic mass is 16.3. The monoisotopic (exact) mass is 332 g/mol. The third-order valence-electron chi connectivity index (χ3n) is 4.57. The molecule has 0 spiro atoms. The maximum absolute atomic E-state index is 11.0. The van der Waals surface area contributed by atoms with Gasteiger partial charge < -0.3 is 10.2 Å². The number of phenolic OH excluding ortho intramolecular Hbond substituents is 2. The molecule has 0 heterocycles. The topological polar surface area (TPSA) is 40.5 Å². The minimum Gasteiger partial charge on any atom is -0.508 e. The van der Waals surface area contributed by atoms with Crippen molar-refractivity contribution in [2.45, 2.75) is 32.1 Å². The first-order valence-corrected chi connectivity index (χ1v) is 8.55. The van der Waals surface area contributed by atoms with Crippen molar-refractivity contribution in [1.82, 2.24) is 0 Å². The Hall–Kier alpha value is -2.74. The standard InChI is InChI=1S/C23H24O2/c1-23(2,3)19-14-9-13-18(22(19)25)21(16-10-5-4-6-11-16)17-12-7-8-15-20(17)24/h4-15,21,24-25H,1-3H3. The average Bonchev–Trinajstić information content (AvgIpc) is 2.58. The van der Waals surface area contributed by atoms with Gasteiger partial charge >= 0.3 is 0 Å². The fourth-order valence-electron chi connectivity index (χ4n) is 3.30. The molecule has 2 N–H and O–H groups in total. The molecule has 128 valence electrons. The summed E-state index contributed by atoms with van der Waals surface area (Å²) in [5.74, 6) is 0.300. The van der Waals surface area contributed by atoms with Crippen LogP contribution in [0.2, 0.25) is 0 Å². The Balaban J connectivity index is 2.26. The molecule has 0 saturated heterocycles. The van der Waals surface area contributed by atoms with E-state index in [1.165, 1.54) is 0 Å². The van der Waals surface area contributed by atoms with Crippen LogP contribution in [0.4, 0.5) is 0 Å². The quantitative estimate of drug-likeness (QED) is 0.615. The van der Waals surface area contributed by atoms with Crippen LogP contribution in [0.1, 0.15) is 48.9 Å². The summed E-state index contributed by atoms with van der Waals surface area (Å²) in [5.41, 5.74) is 3.36. The zero-order valence-electron chi connectivity index (χ0n) is 14.9. The van der Waals surface area contributed by atoms with Crippen LogP contribution in [0.5, 0.6) is 11.5 Å². The van der Waals surface area contributed by atoms with Crippen LogP contribution in [-0.2, 0) is 5.41 Å². The van der Waals surface area contributed by atoms with Gasteiger partial charge in [-0.05, 0) is 22.6 Å². The van der Waals surface area contributed by atoms with E-state index in [9.17, 15) is 10.2 Å². The Labute approximate surface area is 149 Å². The summed E-state index contributed by atoms with van der Waals surface area (Å²) >= 11 is 0. The van der Waals surface area contributed by atoms with Crippen molar-refractivity contribution in [3.8, 4) is 11.5 Å². The molecule has 0 saturated carbocycles. The summed E-state index contributed by atoms with van der Waals surface area (Å²) in [5, 5.41) is 21.5. The second-order valence-corrected chi connectivity index (χ2v) is 7.40. The van der Waals surface area contributed by atoms with E-state index >= 15 is 0 Å². The molecule has 2 heteroatoms. The van der Waals surface area contributed by atoms with Gasteiger partial charge in [0.15, 0.2) is 0 Å². The fraction of sp³-hybridized carbons (Fsp3) is 0.217. The lowest BCUT2D eigenvalue weighted by Gasteiger charge is -2.26. The zero-order valence-corrected chi connectivity index (χ0v) is 14.9. The Morgan fingerprint density at radius 2 is 1.28 bits per heavy atom. The third kappa shape index (κ3) is 3.39. The molecule has 2 nitrogen and oxygen atoms in total. The Morgan fingerprint density at radius 3 is 1.92 bits per heavy atom. The molecule has 0 aliphatic rings. The van der Waals surface area contributed by atoms with Crippen LogP contribution in [-0.4, -0.2) is 10.2 Å². The highest BCUT2D eigenvalue weighted by Gasteiger charge is 2.26. The summed E-state index contributed by atoms with van der Waals surface area (Å²) in [6.45, 7) is 6.26. The number of aromatic hydroxyl groups is 2. The summed E-state index contributed by atoms with van der Waals surface area (Å²) in [7, 11) is 0. The van der Waals surface area contributed by atoms with Crippen LogP contribution < -0.4 is 0 Å². The molecule has 1 atom stereocenters. The van der Waals surface area contributed by atoms with Gasteiger partial charge in [0, 0.05) is 17.0 Å². The number of hydrogen-bond donors (Lipinski definition) is 2. The van der Waals surface area contributed by atoms with Crippen molar-refractivity contribution in [3.63, 3.8) is 0 Å². The Bertz CT molecular complexity index is 861. The number of rotatable bonds is 3. The number of phenols is 2. The second-order valence-electron chi connectivity index (χ2n) is 7.40. The van der Waals surface area contributed by atoms with E-state index in [0.717, 1.165) is 22.3 Å². The summed E-state index contributed by atoms with van der Waals surface area (Å²) < 4.78 is 0. The second kappa shape index (κ2) is 6.64. The normalized spacial score (nSPS) is 12.8. The number of para-hydroxylation sites is 2. The minimum atomic E-state index is -0.232. The molecule has 0 fully saturated rings. The highest BCUT2D eigenvalue weighted by molar-refractivity contribution is 5.55. The lowest BCUT2D eigenvalue weighted by Crippen LogP contribution is -2.13. The van der Waals surface area contributed by atoms with Gasteiger partial charge in [0.2, 0.25) is 0 Å². The molecule has 1 unspecified atom stereocenters. The first-order chi connectivity index (χ1) is 11.9. The predicted molar refractivity (Wildman–Crippen MR) is 102 cm³/mol. The highest BCUT2D eigenvalue weighted by Crippen LogP contribution is 2.43. The third-order valence-corrected chi connectivity index (χ3v) is 4.57. The molecule has 3 rings (SSSR count). The first-order valence-electron chi connectivity index (χ1n) is 8.55. The molecular formula is C23H24O2. The van der Waals surface area contributed by atoms with Gasteiger partial charge in [0.25, 0.3) is 0 Å². The van der Waals surface area contributed by atoms with Crippen LogP contribution in [0.15, 0.2) is 72.8 Å². The van der Waals surface area contributed by atoms with Crippen molar-refractivity contribution in [2.75, 3.05) is 0 Å². The van der Waals surface area contributed by atoms with Crippen LogP contribution in [0.3, 0.4) is 0 Å². The molecule has 0 aliphatic carbocycles. The fourth-order valence-corrected chi connectivity index (χ4v) is 3.30. The molecule has 25 heavy (non-hydrogen) atoms. The van der Waals surface area contributed by atoms with E-state index in [2.05, 4.69) is 20.8 Å². The maximum atomic E-state index is 11.0. The Morgan fingerprint density at radius 1 is 0.680 bits per heavy atom. The minimum absolute atomic E-state index is 0.167. The predicted octanol–water partition coefficient (Wildman–Crippen LogP) is 5.58. The molecule has 0 aliphatic heterocycles. The summed E-state index contributed by atoms with van der Waals surface area (Å²) in [4.78, 5) is 0. The maximum Gasteiger partial charge on any atom is 0.123 e. The summed E-state index contributed by atoms with van der Waals surface area (Å²) in [6, 6.07) is 23.2. The van der Waals surface area contributed by atoms with E-state index in [4.69, 9.17) is 0 Å². The molecule has 3 aromatic carbocycles. The van der Waals surface area contributed by atoms with Crippen molar-refractivity contribution in [1.29, 1.82) is 0 Å². The first kappa shape index (κ1) is 17.1.